The van der Waals surface area contributed by atoms with Crippen LogP contribution in [-0.2, 0) is 10.4 Å². The second kappa shape index (κ2) is 10.8. The average Bonchev–Trinajstić information content (AvgIpc) is 2.37. The fourth-order valence-electron chi connectivity index (χ4n) is 1.04. The van der Waals surface area contributed by atoms with Crippen LogP contribution in [0.3, 0.4) is 0 Å². The van der Waals surface area contributed by atoms with Gasteiger partial charge in [0, 0.05) is 45.9 Å². The first kappa shape index (κ1) is 22.1. The van der Waals surface area contributed by atoms with Crippen LogP contribution >= 0.6 is 21.6 Å². The molecular weight excluding hydrogens is 379 g/mol. The van der Waals surface area contributed by atoms with Crippen LogP contribution in [0, 0.1) is 10.4 Å². The molecule has 22 heavy (non-hydrogen) atoms. The Morgan fingerprint density at radius 2 is 1.18 bits per heavy atom. The van der Waals surface area contributed by atoms with E-state index in [4.69, 9.17) is 17.5 Å². The topological polar surface area (TPSA) is 128 Å². The van der Waals surface area contributed by atoms with Gasteiger partial charge in [0.1, 0.15) is 0 Å². The van der Waals surface area contributed by atoms with Gasteiger partial charge in [0.15, 0.2) is 12.4 Å². The van der Waals surface area contributed by atoms with Crippen molar-refractivity contribution in [2.45, 2.75) is 10.1 Å². The van der Waals surface area contributed by atoms with E-state index >= 15 is 0 Å². The SMILES string of the molecule is O=S(=O)(O)O.[KH].[O-][n+]1ccccc1SSc1cccc[n+]1[O-]. The first-order chi connectivity index (χ1) is 9.77. The number of nitrogens with zero attached hydrogens (tertiary/aromatic N) is 2. The van der Waals surface area contributed by atoms with E-state index in [9.17, 15) is 10.4 Å². The van der Waals surface area contributed by atoms with Crippen molar-refractivity contribution in [2.24, 2.45) is 0 Å². The summed E-state index contributed by atoms with van der Waals surface area (Å²) in [6.07, 6.45) is 2.86. The predicted molar refractivity (Wildman–Crippen MR) is 83.8 cm³/mol. The molecule has 0 amide bonds. The minimum Gasteiger partial charge on any atom is -0.618 e. The number of hydrogen-bond acceptors (Lipinski definition) is 6. The Morgan fingerprint density at radius 1 is 0.864 bits per heavy atom. The van der Waals surface area contributed by atoms with Gasteiger partial charge in [0.05, 0.1) is 0 Å². The molecule has 2 rings (SSSR count). The molecule has 0 saturated carbocycles. The van der Waals surface area contributed by atoms with E-state index in [2.05, 4.69) is 0 Å². The zero-order valence-electron chi connectivity index (χ0n) is 10.3. The predicted octanol–water partition coefficient (Wildman–Crippen LogP) is 0.452. The van der Waals surface area contributed by atoms with Crippen molar-refractivity contribution < 1.29 is 27.0 Å². The quantitative estimate of drug-likeness (QED) is 0.254. The van der Waals surface area contributed by atoms with Crippen molar-refractivity contribution >= 4 is 83.4 Å². The Balaban J connectivity index is 0.000000644. The van der Waals surface area contributed by atoms with Crippen molar-refractivity contribution in [3.8, 4) is 0 Å². The normalized spacial score (nSPS) is 10.1. The summed E-state index contributed by atoms with van der Waals surface area (Å²) in [5.41, 5.74) is 0. The van der Waals surface area contributed by atoms with E-state index in [1.54, 1.807) is 36.4 Å². The van der Waals surface area contributed by atoms with Crippen molar-refractivity contribution in [1.29, 1.82) is 0 Å². The summed E-state index contributed by atoms with van der Waals surface area (Å²) in [5, 5.41) is 23.8. The van der Waals surface area contributed by atoms with E-state index in [0.717, 1.165) is 9.46 Å². The molecule has 0 spiro atoms. The third kappa shape index (κ3) is 9.99. The van der Waals surface area contributed by atoms with Crippen LogP contribution in [0.2, 0.25) is 0 Å². The summed E-state index contributed by atoms with van der Waals surface area (Å²) in [7, 11) is -2.15. The molecule has 12 heteroatoms. The van der Waals surface area contributed by atoms with Crippen molar-refractivity contribution in [3.63, 3.8) is 0 Å². The van der Waals surface area contributed by atoms with Crippen LogP contribution in [0.25, 0.3) is 0 Å². The molecule has 2 N–H and O–H groups in total. The Kier molecular flexibility index (Phi) is 10.9. The molecule has 0 aliphatic carbocycles. The summed E-state index contributed by atoms with van der Waals surface area (Å²) in [6.45, 7) is 0. The van der Waals surface area contributed by atoms with Crippen molar-refractivity contribution in [2.75, 3.05) is 0 Å². The molecule has 0 fully saturated rings. The van der Waals surface area contributed by atoms with Crippen LogP contribution in [0.5, 0.6) is 0 Å². The zero-order chi connectivity index (χ0) is 15.9. The Bertz CT molecular complexity index is 647. The van der Waals surface area contributed by atoms with Gasteiger partial charge < -0.3 is 10.4 Å². The number of rotatable bonds is 3. The summed E-state index contributed by atoms with van der Waals surface area (Å²) in [4.78, 5) is 0. The molecule has 0 aliphatic rings. The maximum atomic E-state index is 11.3. The van der Waals surface area contributed by atoms with Gasteiger partial charge in [0.25, 0.3) is 10.1 Å². The number of hydrogen-bond donors (Lipinski definition) is 2. The molecule has 0 aromatic carbocycles. The molecule has 0 radical (unpaired) electrons. The minimum absolute atomic E-state index is 0. The molecule has 2 heterocycles. The van der Waals surface area contributed by atoms with Crippen LogP contribution in [0.1, 0.15) is 0 Å². The summed E-state index contributed by atoms with van der Waals surface area (Å²) in [5.74, 6) is 0. The monoisotopic (exact) mass is 390 g/mol. The number of pyridine rings is 2. The van der Waals surface area contributed by atoms with Gasteiger partial charge in [-0.2, -0.15) is 17.9 Å². The summed E-state index contributed by atoms with van der Waals surface area (Å²) >= 11 is 0. The molecule has 0 unspecified atom stereocenters. The molecule has 0 saturated heterocycles. The summed E-state index contributed by atoms with van der Waals surface area (Å²) < 4.78 is 33.1. The third-order valence-electron chi connectivity index (χ3n) is 1.79. The fraction of sp³-hybridized carbons (Fsp3) is 0. The van der Waals surface area contributed by atoms with Gasteiger partial charge >= 0.3 is 61.8 Å². The first-order valence-electron chi connectivity index (χ1n) is 5.18. The van der Waals surface area contributed by atoms with Gasteiger partial charge in [0.2, 0.25) is 0 Å². The zero-order valence-corrected chi connectivity index (χ0v) is 12.7. The van der Waals surface area contributed by atoms with E-state index < -0.39 is 10.4 Å². The Hall–Kier alpha value is 0.106. The van der Waals surface area contributed by atoms with Gasteiger partial charge in [-0.25, -0.2) is 0 Å². The minimum atomic E-state index is -4.67. The van der Waals surface area contributed by atoms with Gasteiger partial charge in [-0.15, -0.1) is 0 Å². The first-order valence-corrected chi connectivity index (χ1v) is 8.73. The van der Waals surface area contributed by atoms with Gasteiger partial charge in [-0.1, -0.05) is 0 Å². The van der Waals surface area contributed by atoms with E-state index in [1.807, 2.05) is 0 Å². The molecule has 0 bridgehead atoms. The maximum absolute atomic E-state index is 11.3. The van der Waals surface area contributed by atoms with Crippen LogP contribution in [0.4, 0.5) is 0 Å². The van der Waals surface area contributed by atoms with Crippen LogP contribution in [-0.4, -0.2) is 68.9 Å². The molecule has 0 atom stereocenters. The molecule has 2 aromatic heterocycles. The standard InChI is InChI=1S/C10H8N2O2S2.K.H2O4S.H/c13-11-7-3-1-5-9(11)15-16-10-6-2-4-8-12(10)14;;1-5(2,3)4;/h1-8H;;(H2,1,2,3,4);. The summed E-state index contributed by atoms with van der Waals surface area (Å²) in [6, 6.07) is 10.3. The fourth-order valence-corrected chi connectivity index (χ4v) is 3.03. The van der Waals surface area contributed by atoms with Crippen molar-refractivity contribution in [3.05, 3.63) is 59.2 Å². The molecule has 116 valence electrons. The molecule has 2 aromatic rings. The smallest absolute Gasteiger partial charge is 0.262 e. The average molecular weight is 391 g/mol. The van der Waals surface area contributed by atoms with E-state index in [-0.39, 0.29) is 51.4 Å². The maximum Gasteiger partial charge on any atom is 0.262 e. The van der Waals surface area contributed by atoms with Gasteiger partial charge in [-0.3, -0.25) is 9.11 Å². The Morgan fingerprint density at radius 3 is 1.45 bits per heavy atom. The Labute approximate surface area is 177 Å². The number of aromatic nitrogens is 2. The molecule has 0 aliphatic heterocycles. The third-order valence-corrected chi connectivity index (χ3v) is 4.12. The van der Waals surface area contributed by atoms with Crippen LogP contribution < -0.4 is 9.46 Å². The van der Waals surface area contributed by atoms with E-state index in [0.29, 0.717) is 10.1 Å². The van der Waals surface area contributed by atoms with Gasteiger partial charge in [-0.05, 0) is 12.1 Å². The van der Waals surface area contributed by atoms with Crippen LogP contribution in [0.15, 0.2) is 58.8 Å². The molecular formula is C10H11KN2O6S3. The van der Waals surface area contributed by atoms with Crippen molar-refractivity contribution in [1.82, 2.24) is 0 Å². The largest absolute Gasteiger partial charge is 0.618 e. The second-order valence-electron chi connectivity index (χ2n) is 3.34. The molecule has 8 nitrogen and oxygen atoms in total. The van der Waals surface area contributed by atoms with E-state index in [1.165, 1.54) is 34.0 Å². The second-order valence-corrected chi connectivity index (χ2v) is 6.41.